The Labute approximate surface area is 140 Å². The van der Waals surface area contributed by atoms with E-state index in [2.05, 4.69) is 32.5 Å². The lowest BCUT2D eigenvalue weighted by Crippen LogP contribution is -2.46. The minimum Gasteiger partial charge on any atom is -0.506 e. The number of aromatic hydroxyl groups is 1. The first-order valence-electron chi connectivity index (χ1n) is 7.98. The molecule has 0 bridgehead atoms. The monoisotopic (exact) mass is 332 g/mol. The summed E-state index contributed by atoms with van der Waals surface area (Å²) < 4.78 is 0. The van der Waals surface area contributed by atoms with Gasteiger partial charge in [0.2, 0.25) is 11.9 Å². The van der Waals surface area contributed by atoms with Gasteiger partial charge in [0.1, 0.15) is 16.8 Å². The molecule has 0 unspecified atom stereocenters. The fourth-order valence-corrected chi connectivity index (χ4v) is 2.48. The molecule has 5 N–H and O–H groups in total. The highest BCUT2D eigenvalue weighted by Crippen LogP contribution is 2.26. The molecule has 0 radical (unpaired) electrons. The molecule has 8 nitrogen and oxygen atoms in total. The van der Waals surface area contributed by atoms with E-state index in [9.17, 15) is 9.90 Å². The van der Waals surface area contributed by atoms with E-state index in [1.807, 2.05) is 6.92 Å². The Morgan fingerprint density at radius 3 is 2.83 bits per heavy atom. The van der Waals surface area contributed by atoms with Crippen molar-refractivity contribution >= 4 is 28.7 Å². The van der Waals surface area contributed by atoms with Crippen LogP contribution in [0.3, 0.4) is 0 Å². The number of hydrogen-bond donors (Lipinski definition) is 4. The third kappa shape index (κ3) is 4.43. The third-order valence-corrected chi connectivity index (χ3v) is 3.77. The van der Waals surface area contributed by atoms with Crippen LogP contribution < -0.4 is 16.4 Å². The largest absolute Gasteiger partial charge is 0.506 e. The molecule has 2 aromatic rings. The normalized spacial score (nSPS) is 13.5. The standard InChI is InChI=1S/C16H24N6O2/c1-4-5-6-16(3,9-19-10(2)23)22-14-13-12(20-15(17)21-14)7-11(24)8-18-13/h7-8,24H,4-6,9H2,1-3H3,(H,19,23)(H3,17,20,21,22)/t16-/m1/s1. The van der Waals surface area contributed by atoms with Crippen LogP contribution in [0, 0.1) is 0 Å². The lowest BCUT2D eigenvalue weighted by atomic mass is 9.94. The van der Waals surface area contributed by atoms with Gasteiger partial charge in [0.25, 0.3) is 0 Å². The molecule has 24 heavy (non-hydrogen) atoms. The summed E-state index contributed by atoms with van der Waals surface area (Å²) in [6.45, 7) is 6.07. The first-order valence-corrected chi connectivity index (χ1v) is 7.98. The van der Waals surface area contributed by atoms with Crippen LogP contribution in [0.2, 0.25) is 0 Å². The molecule has 0 saturated carbocycles. The van der Waals surface area contributed by atoms with Crippen molar-refractivity contribution < 1.29 is 9.90 Å². The predicted octanol–water partition coefficient (Wildman–Crippen LogP) is 1.81. The number of hydrogen-bond acceptors (Lipinski definition) is 7. The number of nitrogens with two attached hydrogens (primary N) is 1. The van der Waals surface area contributed by atoms with E-state index in [1.165, 1.54) is 19.2 Å². The number of carbonyl (C=O) groups excluding carboxylic acids is 1. The van der Waals surface area contributed by atoms with Crippen molar-refractivity contribution in [2.45, 2.75) is 45.6 Å². The van der Waals surface area contributed by atoms with E-state index in [0.29, 0.717) is 23.4 Å². The highest BCUT2D eigenvalue weighted by molar-refractivity contribution is 5.87. The molecule has 2 rings (SSSR count). The van der Waals surface area contributed by atoms with E-state index in [-0.39, 0.29) is 17.6 Å². The molecule has 0 aliphatic rings. The summed E-state index contributed by atoms with van der Waals surface area (Å²) in [5.41, 5.74) is 6.35. The van der Waals surface area contributed by atoms with Gasteiger partial charge in [-0.3, -0.25) is 4.79 Å². The molecule has 0 spiro atoms. The molecule has 2 heterocycles. The number of nitrogens with one attached hydrogen (secondary N) is 2. The molecule has 1 amide bonds. The van der Waals surface area contributed by atoms with Crippen molar-refractivity contribution in [2.24, 2.45) is 0 Å². The molecule has 1 atom stereocenters. The molecule has 8 heteroatoms. The van der Waals surface area contributed by atoms with Crippen molar-refractivity contribution in [3.63, 3.8) is 0 Å². The molecule has 0 aromatic carbocycles. The van der Waals surface area contributed by atoms with Gasteiger partial charge < -0.3 is 21.5 Å². The zero-order chi connectivity index (χ0) is 17.7. The summed E-state index contributed by atoms with van der Waals surface area (Å²) in [5, 5.41) is 15.8. The second-order valence-corrected chi connectivity index (χ2v) is 6.19. The average molecular weight is 332 g/mol. The van der Waals surface area contributed by atoms with Gasteiger partial charge in [0.05, 0.1) is 11.7 Å². The minimum absolute atomic E-state index is 0.0125. The van der Waals surface area contributed by atoms with Crippen molar-refractivity contribution in [1.82, 2.24) is 20.3 Å². The molecule has 0 fully saturated rings. The van der Waals surface area contributed by atoms with E-state index >= 15 is 0 Å². The Kier molecular flexibility index (Phi) is 5.38. The average Bonchev–Trinajstić information content (AvgIpc) is 2.50. The summed E-state index contributed by atoms with van der Waals surface area (Å²) >= 11 is 0. The fourth-order valence-electron chi connectivity index (χ4n) is 2.48. The highest BCUT2D eigenvalue weighted by Gasteiger charge is 2.26. The lowest BCUT2D eigenvalue weighted by molar-refractivity contribution is -0.119. The summed E-state index contributed by atoms with van der Waals surface area (Å²) in [6.07, 6.45) is 4.21. The van der Waals surface area contributed by atoms with E-state index in [1.54, 1.807) is 0 Å². The topological polar surface area (TPSA) is 126 Å². The van der Waals surface area contributed by atoms with Crippen molar-refractivity contribution in [1.29, 1.82) is 0 Å². The SMILES string of the molecule is CCCC[C@](C)(CNC(C)=O)Nc1nc(N)nc2cc(O)cnc12. The second-order valence-electron chi connectivity index (χ2n) is 6.19. The van der Waals surface area contributed by atoms with Gasteiger partial charge in [-0.2, -0.15) is 4.98 Å². The number of carbonyl (C=O) groups is 1. The van der Waals surface area contributed by atoms with Gasteiger partial charge in [-0.05, 0) is 13.3 Å². The van der Waals surface area contributed by atoms with Crippen molar-refractivity contribution in [3.05, 3.63) is 12.3 Å². The van der Waals surface area contributed by atoms with Crippen LogP contribution in [0.15, 0.2) is 12.3 Å². The number of fused-ring (bicyclic) bond motifs is 1. The molecule has 2 aromatic heterocycles. The summed E-state index contributed by atoms with van der Waals surface area (Å²) in [6, 6.07) is 1.49. The quantitative estimate of drug-likeness (QED) is 0.609. The first kappa shape index (κ1) is 17.7. The Bertz CT molecular complexity index is 731. The molecule has 0 aliphatic heterocycles. The van der Waals surface area contributed by atoms with Crippen LogP contribution in [-0.4, -0.2) is 38.0 Å². The van der Waals surface area contributed by atoms with Crippen LogP contribution in [0.4, 0.5) is 11.8 Å². The Morgan fingerprint density at radius 2 is 2.17 bits per heavy atom. The van der Waals surface area contributed by atoms with Crippen LogP contribution in [0.25, 0.3) is 11.0 Å². The van der Waals surface area contributed by atoms with Crippen LogP contribution in [0.1, 0.15) is 40.0 Å². The van der Waals surface area contributed by atoms with Gasteiger partial charge in [-0.25, -0.2) is 9.97 Å². The van der Waals surface area contributed by atoms with Gasteiger partial charge >= 0.3 is 0 Å². The summed E-state index contributed by atoms with van der Waals surface area (Å²) in [5.74, 6) is 0.504. The molecule has 0 saturated heterocycles. The maximum absolute atomic E-state index is 11.3. The highest BCUT2D eigenvalue weighted by atomic mass is 16.3. The van der Waals surface area contributed by atoms with Gasteiger partial charge in [-0.15, -0.1) is 0 Å². The molecular weight excluding hydrogens is 308 g/mol. The number of nitrogens with zero attached hydrogens (tertiary/aromatic N) is 3. The van der Waals surface area contributed by atoms with E-state index in [4.69, 9.17) is 5.73 Å². The zero-order valence-electron chi connectivity index (χ0n) is 14.3. The number of rotatable bonds is 7. The van der Waals surface area contributed by atoms with E-state index in [0.717, 1.165) is 19.3 Å². The smallest absolute Gasteiger partial charge is 0.222 e. The fraction of sp³-hybridized carbons (Fsp3) is 0.500. The number of aromatic nitrogens is 3. The lowest BCUT2D eigenvalue weighted by Gasteiger charge is -2.32. The van der Waals surface area contributed by atoms with Crippen molar-refractivity contribution in [3.8, 4) is 5.75 Å². The first-order chi connectivity index (χ1) is 11.3. The van der Waals surface area contributed by atoms with Gasteiger partial charge in [0, 0.05) is 19.5 Å². The van der Waals surface area contributed by atoms with E-state index < -0.39 is 5.54 Å². The van der Waals surface area contributed by atoms with Crippen molar-refractivity contribution in [2.75, 3.05) is 17.6 Å². The number of nitrogen functional groups attached to an aromatic ring is 1. The van der Waals surface area contributed by atoms with Crippen LogP contribution >= 0.6 is 0 Å². The van der Waals surface area contributed by atoms with Gasteiger partial charge in [-0.1, -0.05) is 19.8 Å². The molecule has 130 valence electrons. The molecular formula is C16H24N6O2. The molecule has 0 aliphatic carbocycles. The number of amides is 1. The van der Waals surface area contributed by atoms with Crippen LogP contribution in [-0.2, 0) is 4.79 Å². The Morgan fingerprint density at radius 1 is 1.42 bits per heavy atom. The third-order valence-electron chi connectivity index (χ3n) is 3.77. The summed E-state index contributed by atoms with van der Waals surface area (Å²) in [4.78, 5) is 23.8. The second kappa shape index (κ2) is 7.29. The van der Waals surface area contributed by atoms with Gasteiger partial charge in [0.15, 0.2) is 5.82 Å². The Hall–Kier alpha value is -2.64. The maximum Gasteiger partial charge on any atom is 0.222 e. The number of anilines is 2. The number of pyridine rings is 1. The van der Waals surface area contributed by atoms with Crippen LogP contribution in [0.5, 0.6) is 5.75 Å². The number of unbranched alkanes of at least 4 members (excludes halogenated alkanes) is 1. The maximum atomic E-state index is 11.3. The zero-order valence-corrected chi connectivity index (χ0v) is 14.3. The summed E-state index contributed by atoms with van der Waals surface area (Å²) in [7, 11) is 0. The Balaban J connectivity index is 2.37. The predicted molar refractivity (Wildman–Crippen MR) is 93.6 cm³/mol. The minimum atomic E-state index is -0.408.